The number of nitrogens with one attached hydrogen (secondary N) is 2. The molecular weight excluding hydrogens is 307 g/mol. The van der Waals surface area contributed by atoms with Gasteiger partial charge in [0, 0.05) is 17.4 Å². The zero-order chi connectivity index (χ0) is 16.2. The molecule has 1 heterocycles. The summed E-state index contributed by atoms with van der Waals surface area (Å²) in [6, 6.07) is 8.88. The van der Waals surface area contributed by atoms with E-state index >= 15 is 0 Å². The summed E-state index contributed by atoms with van der Waals surface area (Å²) in [5, 5.41) is 7.91. The highest BCUT2D eigenvalue weighted by molar-refractivity contribution is 5.95. The summed E-state index contributed by atoms with van der Waals surface area (Å²) in [5.74, 6) is -0.547. The van der Waals surface area contributed by atoms with Crippen LogP contribution < -0.4 is 5.32 Å². The number of H-pyrrole nitrogens is 1. The lowest BCUT2D eigenvalue weighted by Gasteiger charge is -2.10. The summed E-state index contributed by atoms with van der Waals surface area (Å²) in [7, 11) is 0. The Labute approximate surface area is 130 Å². The fourth-order valence-electron chi connectivity index (χ4n) is 3.68. The Morgan fingerprint density at radius 2 is 2.13 bits per heavy atom. The van der Waals surface area contributed by atoms with Gasteiger partial charge in [0.2, 0.25) is 5.91 Å². The monoisotopic (exact) mass is 321 g/mol. The van der Waals surface area contributed by atoms with E-state index in [1.54, 1.807) is 0 Å². The molecule has 2 N–H and O–H groups in total. The fourth-order valence-corrected chi connectivity index (χ4v) is 3.68. The third-order valence-electron chi connectivity index (χ3n) is 4.92. The molecule has 0 radical (unpaired) electrons. The highest BCUT2D eigenvalue weighted by Crippen LogP contribution is 2.61. The van der Waals surface area contributed by atoms with Crippen LogP contribution in [0.3, 0.4) is 0 Å². The average molecular weight is 321 g/mol. The Balaban J connectivity index is 1.49. The number of aryl methyl sites for hydroxylation is 1. The lowest BCUT2D eigenvalue weighted by Crippen LogP contribution is -2.20. The number of hydrogen-bond acceptors (Lipinski definition) is 2. The molecule has 2 aromatic rings. The van der Waals surface area contributed by atoms with Crippen LogP contribution in [0, 0.1) is 5.92 Å². The molecule has 2 atom stereocenters. The number of carbonyl (C=O) groups excluding carboxylic acids is 1. The van der Waals surface area contributed by atoms with Crippen molar-refractivity contribution in [3.8, 4) is 0 Å². The van der Waals surface area contributed by atoms with Crippen molar-refractivity contribution < 1.29 is 18.0 Å². The lowest BCUT2D eigenvalue weighted by molar-refractivity contribution is -0.141. The van der Waals surface area contributed by atoms with E-state index in [2.05, 4.69) is 16.5 Å². The van der Waals surface area contributed by atoms with Gasteiger partial charge in [-0.25, -0.2) is 0 Å². The molecule has 1 amide bonds. The maximum Gasteiger partial charge on any atom is 0.432 e. The Morgan fingerprint density at radius 1 is 1.35 bits per heavy atom. The van der Waals surface area contributed by atoms with Gasteiger partial charge in [0.15, 0.2) is 5.82 Å². The molecule has 2 aliphatic rings. The standard InChI is InChI=1S/C16H14F3N3O/c17-16(18,19)12-7-13(22-21-12)20-14(23)11-8-15(11)6-5-9-3-1-2-4-10(9)15/h1-4,7,11H,5-6,8H2,(H2,20,21,22,23). The summed E-state index contributed by atoms with van der Waals surface area (Å²) in [5.41, 5.74) is 1.37. The molecule has 2 unspecified atom stereocenters. The first kappa shape index (κ1) is 14.3. The molecule has 2 aliphatic carbocycles. The highest BCUT2D eigenvalue weighted by atomic mass is 19.4. The van der Waals surface area contributed by atoms with Crippen LogP contribution in [0.15, 0.2) is 30.3 Å². The molecule has 0 bridgehead atoms. The van der Waals surface area contributed by atoms with Gasteiger partial charge in [-0.3, -0.25) is 9.89 Å². The minimum Gasteiger partial charge on any atom is -0.309 e. The smallest absolute Gasteiger partial charge is 0.309 e. The van der Waals surface area contributed by atoms with Gasteiger partial charge in [-0.15, -0.1) is 0 Å². The van der Waals surface area contributed by atoms with Crippen LogP contribution in [0.2, 0.25) is 0 Å². The van der Waals surface area contributed by atoms with Gasteiger partial charge < -0.3 is 5.32 Å². The lowest BCUT2D eigenvalue weighted by atomic mass is 9.95. The van der Waals surface area contributed by atoms with Crippen LogP contribution in [0.4, 0.5) is 19.0 Å². The zero-order valence-corrected chi connectivity index (χ0v) is 12.1. The Bertz CT molecular complexity index is 783. The molecule has 1 saturated carbocycles. The second-order valence-electron chi connectivity index (χ2n) is 6.22. The fraction of sp³-hybridized carbons (Fsp3) is 0.375. The summed E-state index contributed by atoms with van der Waals surface area (Å²) in [4.78, 5) is 12.4. The van der Waals surface area contributed by atoms with E-state index in [4.69, 9.17) is 0 Å². The first-order valence-electron chi connectivity index (χ1n) is 7.42. The number of aromatic nitrogens is 2. The van der Waals surface area contributed by atoms with Gasteiger partial charge in [-0.1, -0.05) is 24.3 Å². The number of hydrogen-bond donors (Lipinski definition) is 2. The Morgan fingerprint density at radius 3 is 2.87 bits per heavy atom. The van der Waals surface area contributed by atoms with Crippen LogP contribution in [0.5, 0.6) is 0 Å². The van der Waals surface area contributed by atoms with Crippen LogP contribution in [0.25, 0.3) is 0 Å². The predicted octanol–water partition coefficient (Wildman–Crippen LogP) is 3.27. The number of alkyl halides is 3. The number of anilines is 1. The molecular formula is C16H14F3N3O. The third kappa shape index (κ3) is 2.22. The van der Waals surface area contributed by atoms with Crippen LogP contribution in [0.1, 0.15) is 29.7 Å². The van der Waals surface area contributed by atoms with E-state index in [0.29, 0.717) is 0 Å². The van der Waals surface area contributed by atoms with E-state index in [1.165, 1.54) is 11.1 Å². The summed E-state index contributed by atoms with van der Waals surface area (Å²) in [6.07, 6.45) is -1.90. The maximum atomic E-state index is 12.5. The van der Waals surface area contributed by atoms with Crippen molar-refractivity contribution in [3.63, 3.8) is 0 Å². The second-order valence-corrected chi connectivity index (χ2v) is 6.22. The topological polar surface area (TPSA) is 57.8 Å². The van der Waals surface area contributed by atoms with Gasteiger partial charge in [0.05, 0.1) is 0 Å². The van der Waals surface area contributed by atoms with E-state index in [-0.39, 0.29) is 23.1 Å². The molecule has 120 valence electrons. The quantitative estimate of drug-likeness (QED) is 0.892. The molecule has 0 saturated heterocycles. The molecule has 1 aromatic carbocycles. The number of fused-ring (bicyclic) bond motifs is 2. The molecule has 1 aromatic heterocycles. The average Bonchev–Trinajstić information content (AvgIpc) is 2.85. The summed E-state index contributed by atoms with van der Waals surface area (Å²) >= 11 is 0. The molecule has 0 aliphatic heterocycles. The number of aromatic amines is 1. The van der Waals surface area contributed by atoms with Crippen molar-refractivity contribution in [1.82, 2.24) is 10.2 Å². The van der Waals surface area contributed by atoms with E-state index in [1.807, 2.05) is 23.3 Å². The van der Waals surface area contributed by atoms with Crippen molar-refractivity contribution >= 4 is 11.7 Å². The van der Waals surface area contributed by atoms with Crippen LogP contribution in [-0.2, 0) is 22.8 Å². The van der Waals surface area contributed by atoms with Gasteiger partial charge in [0.25, 0.3) is 0 Å². The third-order valence-corrected chi connectivity index (χ3v) is 4.92. The first-order valence-corrected chi connectivity index (χ1v) is 7.42. The maximum absolute atomic E-state index is 12.5. The Hall–Kier alpha value is -2.31. The van der Waals surface area contributed by atoms with E-state index in [0.717, 1.165) is 25.3 Å². The highest BCUT2D eigenvalue weighted by Gasteiger charge is 2.61. The largest absolute Gasteiger partial charge is 0.432 e. The van der Waals surface area contributed by atoms with Gasteiger partial charge in [-0.2, -0.15) is 18.3 Å². The van der Waals surface area contributed by atoms with Crippen LogP contribution >= 0.6 is 0 Å². The molecule has 23 heavy (non-hydrogen) atoms. The number of benzene rings is 1. The molecule has 1 fully saturated rings. The van der Waals surface area contributed by atoms with Crippen molar-refractivity contribution in [1.29, 1.82) is 0 Å². The van der Waals surface area contributed by atoms with Gasteiger partial charge >= 0.3 is 6.18 Å². The molecule has 7 heteroatoms. The minimum absolute atomic E-state index is 0.0874. The second kappa shape index (κ2) is 4.59. The van der Waals surface area contributed by atoms with Gasteiger partial charge in [-0.05, 0) is 30.4 Å². The first-order chi connectivity index (χ1) is 10.9. The number of nitrogens with zero attached hydrogens (tertiary/aromatic N) is 1. The normalized spacial score (nSPS) is 25.4. The Kier molecular flexibility index (Phi) is 2.86. The summed E-state index contributed by atoms with van der Waals surface area (Å²) in [6.45, 7) is 0. The molecule has 1 spiro atoms. The van der Waals surface area contributed by atoms with Crippen molar-refractivity contribution in [2.45, 2.75) is 30.9 Å². The van der Waals surface area contributed by atoms with Gasteiger partial charge in [0.1, 0.15) is 5.69 Å². The van der Waals surface area contributed by atoms with Crippen molar-refractivity contribution in [2.75, 3.05) is 5.32 Å². The van der Waals surface area contributed by atoms with Crippen LogP contribution in [-0.4, -0.2) is 16.1 Å². The minimum atomic E-state index is -4.50. The van der Waals surface area contributed by atoms with Crippen molar-refractivity contribution in [2.24, 2.45) is 5.92 Å². The van der Waals surface area contributed by atoms with E-state index in [9.17, 15) is 18.0 Å². The molecule has 4 rings (SSSR count). The number of halogens is 3. The number of amides is 1. The SMILES string of the molecule is O=C(Nc1cc(C(F)(F)F)[nH]n1)C1CC12CCc1ccccc12. The number of rotatable bonds is 2. The molecule has 4 nitrogen and oxygen atoms in total. The summed E-state index contributed by atoms with van der Waals surface area (Å²) < 4.78 is 37.6. The van der Waals surface area contributed by atoms with Crippen molar-refractivity contribution in [3.05, 3.63) is 47.2 Å². The van der Waals surface area contributed by atoms with E-state index < -0.39 is 11.9 Å². The number of carbonyl (C=O) groups is 1. The zero-order valence-electron chi connectivity index (χ0n) is 12.1. The predicted molar refractivity (Wildman–Crippen MR) is 76.8 cm³/mol.